The molecule has 1 aliphatic rings. The minimum absolute atomic E-state index is 0.269. The molecule has 3 nitrogen and oxygen atoms in total. The van der Waals surface area contributed by atoms with Gasteiger partial charge in [0.2, 0.25) is 0 Å². The number of aliphatic imine (C=N–C) groups is 1. The summed E-state index contributed by atoms with van der Waals surface area (Å²) in [5.41, 5.74) is 0. The summed E-state index contributed by atoms with van der Waals surface area (Å²) in [6.45, 7) is 0.923. The first-order valence-electron chi connectivity index (χ1n) is 3.81. The Morgan fingerprint density at radius 2 is 2.58 bits per heavy atom. The molecule has 0 fully saturated rings. The molecule has 1 heterocycles. The first-order valence-corrected chi connectivity index (χ1v) is 5.78. The van der Waals surface area contributed by atoms with E-state index in [-0.39, 0.29) is 6.42 Å². The molecule has 0 aromatic carbocycles. The average molecular weight is 205 g/mol. The molecule has 0 unspecified atom stereocenters. The number of hydrogen-bond acceptors (Lipinski definition) is 4. The van der Waals surface area contributed by atoms with Crippen molar-refractivity contribution in [3.8, 4) is 0 Å². The summed E-state index contributed by atoms with van der Waals surface area (Å²) in [6.07, 6.45) is 1.00. The van der Waals surface area contributed by atoms with Crippen molar-refractivity contribution < 1.29 is 9.90 Å². The van der Waals surface area contributed by atoms with Gasteiger partial charge < -0.3 is 5.11 Å². The summed E-state index contributed by atoms with van der Waals surface area (Å²) in [5.74, 6) is 1.25. The Morgan fingerprint density at radius 3 is 3.17 bits per heavy atom. The van der Waals surface area contributed by atoms with E-state index in [1.54, 1.807) is 23.5 Å². The molecule has 12 heavy (non-hydrogen) atoms. The van der Waals surface area contributed by atoms with Gasteiger partial charge in [-0.25, -0.2) is 0 Å². The topological polar surface area (TPSA) is 49.7 Å². The van der Waals surface area contributed by atoms with E-state index in [2.05, 4.69) is 4.99 Å². The number of nitrogens with zero attached hydrogens (tertiary/aromatic N) is 1. The van der Waals surface area contributed by atoms with Gasteiger partial charge in [-0.05, 0) is 6.42 Å². The monoisotopic (exact) mass is 205 g/mol. The predicted octanol–water partition coefficient (Wildman–Crippen LogP) is 1.69. The molecule has 1 N–H and O–H groups in total. The van der Waals surface area contributed by atoms with E-state index in [4.69, 9.17) is 5.11 Å². The molecule has 0 spiro atoms. The van der Waals surface area contributed by atoms with Crippen molar-refractivity contribution in [3.63, 3.8) is 0 Å². The van der Waals surface area contributed by atoms with Crippen molar-refractivity contribution in [1.82, 2.24) is 0 Å². The molecule has 0 aliphatic carbocycles. The number of carbonyl (C=O) groups is 1. The molecule has 0 saturated heterocycles. The highest BCUT2D eigenvalue weighted by molar-refractivity contribution is 8.39. The Labute approximate surface area is 80.0 Å². The number of aliphatic carboxylic acids is 1. The smallest absolute Gasteiger partial charge is 0.303 e. The summed E-state index contributed by atoms with van der Waals surface area (Å²) in [5, 5.41) is 8.36. The maximum absolute atomic E-state index is 10.2. The van der Waals surface area contributed by atoms with Gasteiger partial charge in [-0.3, -0.25) is 9.79 Å². The molecule has 0 aromatic heterocycles. The zero-order valence-corrected chi connectivity index (χ0v) is 8.29. The molecule has 0 bridgehead atoms. The van der Waals surface area contributed by atoms with Crippen LogP contribution in [-0.4, -0.2) is 33.5 Å². The average Bonchev–Trinajstić information content (AvgIpc) is 2.49. The molecule has 0 saturated carbocycles. The largest absolute Gasteiger partial charge is 0.481 e. The maximum Gasteiger partial charge on any atom is 0.303 e. The van der Waals surface area contributed by atoms with Crippen molar-refractivity contribution in [2.75, 3.05) is 18.1 Å². The Balaban J connectivity index is 1.98. The Bertz CT molecular complexity index is 194. The second-order valence-corrected chi connectivity index (χ2v) is 4.77. The summed E-state index contributed by atoms with van der Waals surface area (Å²) < 4.78 is 1.13. The summed E-state index contributed by atoms with van der Waals surface area (Å²) in [7, 11) is 0. The third-order valence-electron chi connectivity index (χ3n) is 1.32. The highest BCUT2D eigenvalue weighted by atomic mass is 32.2. The Kier molecular flexibility index (Phi) is 4.53. The summed E-state index contributed by atoms with van der Waals surface area (Å²) >= 11 is 3.44. The van der Waals surface area contributed by atoms with E-state index in [9.17, 15) is 4.79 Å². The lowest BCUT2D eigenvalue weighted by Crippen LogP contribution is -1.95. The lowest BCUT2D eigenvalue weighted by molar-refractivity contribution is -0.137. The van der Waals surface area contributed by atoms with Gasteiger partial charge in [-0.15, -0.1) is 0 Å². The second-order valence-electron chi connectivity index (χ2n) is 2.34. The summed E-state index contributed by atoms with van der Waals surface area (Å²) in [6, 6.07) is 0. The van der Waals surface area contributed by atoms with Crippen LogP contribution in [0, 0.1) is 0 Å². The van der Waals surface area contributed by atoms with Gasteiger partial charge >= 0.3 is 5.97 Å². The SMILES string of the molecule is O=C(O)CCCSC1=NCCS1. The van der Waals surface area contributed by atoms with Crippen molar-refractivity contribution in [3.05, 3.63) is 0 Å². The van der Waals surface area contributed by atoms with Crippen molar-refractivity contribution in [2.24, 2.45) is 4.99 Å². The number of thioether (sulfide) groups is 2. The third kappa shape index (κ3) is 4.01. The van der Waals surface area contributed by atoms with Gasteiger partial charge in [-0.2, -0.15) is 0 Å². The number of carboxylic acids is 1. The van der Waals surface area contributed by atoms with Crippen molar-refractivity contribution >= 4 is 33.9 Å². The maximum atomic E-state index is 10.2. The normalized spacial score (nSPS) is 16.2. The van der Waals surface area contributed by atoms with Crippen LogP contribution in [0.5, 0.6) is 0 Å². The molecule has 1 rings (SSSR count). The minimum Gasteiger partial charge on any atom is -0.481 e. The fraction of sp³-hybridized carbons (Fsp3) is 0.714. The van der Waals surface area contributed by atoms with Crippen LogP contribution in [0.15, 0.2) is 4.99 Å². The molecular weight excluding hydrogens is 194 g/mol. The molecular formula is C7H11NO2S2. The summed E-state index contributed by atoms with van der Waals surface area (Å²) in [4.78, 5) is 14.4. The van der Waals surface area contributed by atoms with Crippen molar-refractivity contribution in [2.45, 2.75) is 12.8 Å². The van der Waals surface area contributed by atoms with Crippen LogP contribution >= 0.6 is 23.5 Å². The highest BCUT2D eigenvalue weighted by Gasteiger charge is 2.07. The molecule has 68 valence electrons. The van der Waals surface area contributed by atoms with E-state index in [0.29, 0.717) is 0 Å². The molecule has 0 atom stereocenters. The Morgan fingerprint density at radius 1 is 1.75 bits per heavy atom. The molecule has 1 aliphatic heterocycles. The van der Waals surface area contributed by atoms with Gasteiger partial charge in [0, 0.05) is 17.9 Å². The number of hydrogen-bond donors (Lipinski definition) is 1. The lowest BCUT2D eigenvalue weighted by Gasteiger charge is -1.97. The lowest BCUT2D eigenvalue weighted by atomic mass is 10.3. The van der Waals surface area contributed by atoms with Gasteiger partial charge in [0.05, 0.1) is 6.54 Å². The zero-order valence-electron chi connectivity index (χ0n) is 6.65. The molecule has 0 amide bonds. The second kappa shape index (κ2) is 5.48. The number of carboxylic acid groups (broad SMARTS) is 1. The van der Waals surface area contributed by atoms with Gasteiger partial charge in [0.15, 0.2) is 0 Å². The van der Waals surface area contributed by atoms with E-state index in [0.717, 1.165) is 28.8 Å². The van der Waals surface area contributed by atoms with Crippen LogP contribution in [0.1, 0.15) is 12.8 Å². The standard InChI is InChI=1S/C7H11NO2S2/c9-6(10)2-1-4-11-7-8-3-5-12-7/h1-5H2,(H,9,10). The van der Waals surface area contributed by atoms with Gasteiger partial charge in [-0.1, -0.05) is 23.5 Å². The molecule has 0 aromatic rings. The zero-order chi connectivity index (χ0) is 8.81. The van der Waals surface area contributed by atoms with Crippen molar-refractivity contribution in [1.29, 1.82) is 0 Å². The van der Waals surface area contributed by atoms with E-state index >= 15 is 0 Å². The van der Waals surface area contributed by atoms with Crippen LogP contribution < -0.4 is 0 Å². The van der Waals surface area contributed by atoms with E-state index in [1.165, 1.54) is 0 Å². The van der Waals surface area contributed by atoms with Crippen LogP contribution in [-0.2, 0) is 4.79 Å². The van der Waals surface area contributed by atoms with Crippen LogP contribution in [0.3, 0.4) is 0 Å². The van der Waals surface area contributed by atoms with E-state index < -0.39 is 5.97 Å². The number of rotatable bonds is 4. The fourth-order valence-corrected chi connectivity index (χ4v) is 2.80. The van der Waals surface area contributed by atoms with Crippen LogP contribution in [0.2, 0.25) is 0 Å². The highest BCUT2D eigenvalue weighted by Crippen LogP contribution is 2.22. The third-order valence-corrected chi connectivity index (χ3v) is 3.66. The fourth-order valence-electron chi connectivity index (χ4n) is 0.786. The van der Waals surface area contributed by atoms with Gasteiger partial charge in [0.25, 0.3) is 0 Å². The first kappa shape index (κ1) is 9.92. The first-order chi connectivity index (χ1) is 5.79. The van der Waals surface area contributed by atoms with Crippen LogP contribution in [0.25, 0.3) is 0 Å². The Hall–Kier alpha value is -0.160. The molecule has 5 heteroatoms. The quantitative estimate of drug-likeness (QED) is 0.709. The van der Waals surface area contributed by atoms with E-state index in [1.807, 2.05) is 0 Å². The molecule has 0 radical (unpaired) electrons. The van der Waals surface area contributed by atoms with Gasteiger partial charge in [0.1, 0.15) is 4.38 Å². The van der Waals surface area contributed by atoms with Crippen LogP contribution in [0.4, 0.5) is 0 Å². The minimum atomic E-state index is -0.711. The predicted molar refractivity (Wildman–Crippen MR) is 54.1 cm³/mol.